The van der Waals surface area contributed by atoms with Gasteiger partial charge in [0.15, 0.2) is 0 Å². The molecule has 6 heteroatoms. The Morgan fingerprint density at radius 2 is 2.47 bits per heavy atom. The molecule has 2 rings (SSSR count). The van der Waals surface area contributed by atoms with Gasteiger partial charge in [-0.3, -0.25) is 0 Å². The predicted octanol–water partition coefficient (Wildman–Crippen LogP) is 0.780. The van der Waals surface area contributed by atoms with Gasteiger partial charge in [0, 0.05) is 25.2 Å². The minimum atomic E-state index is 0.219. The molecule has 0 N–H and O–H groups in total. The summed E-state index contributed by atoms with van der Waals surface area (Å²) in [5.41, 5.74) is 1.01. The number of likely N-dealkylation sites (N-methyl/N-ethyl adjacent to an activating group) is 1. The number of morpholine rings is 1. The third kappa shape index (κ3) is 3.94. The van der Waals surface area contributed by atoms with Crippen LogP contribution in [0.25, 0.3) is 0 Å². The lowest BCUT2D eigenvalue weighted by atomic mass is 10.2. The van der Waals surface area contributed by atoms with Crippen LogP contribution in [-0.2, 0) is 17.7 Å². The largest absolute Gasteiger partial charge is 0.374 e. The van der Waals surface area contributed by atoms with Gasteiger partial charge in [0.25, 0.3) is 0 Å². The molecular weight excluding hydrogens is 240 g/mol. The molecule has 1 aliphatic rings. The second-order valence-electron chi connectivity index (χ2n) is 4.48. The van der Waals surface area contributed by atoms with Gasteiger partial charge in [0.05, 0.1) is 24.9 Å². The number of hydrogen-bond donors (Lipinski definition) is 0. The smallest absolute Gasteiger partial charge is 0.0898 e. The number of aromatic nitrogens is 3. The minimum absolute atomic E-state index is 0.219. The van der Waals surface area contributed by atoms with Crippen molar-refractivity contribution in [2.45, 2.75) is 25.5 Å². The minimum Gasteiger partial charge on any atom is -0.374 e. The third-order valence-corrected chi connectivity index (χ3v) is 3.15. The first kappa shape index (κ1) is 12.8. The van der Waals surface area contributed by atoms with Crippen LogP contribution in [-0.4, -0.2) is 58.6 Å². The molecular formula is C11H19ClN4O. The molecule has 0 saturated carbocycles. The lowest BCUT2D eigenvalue weighted by Crippen LogP contribution is -2.42. The maximum atomic E-state index is 5.69. The monoisotopic (exact) mass is 258 g/mol. The average molecular weight is 259 g/mol. The summed E-state index contributed by atoms with van der Waals surface area (Å²) in [5.74, 6) is 0.670. The fourth-order valence-corrected chi connectivity index (χ4v) is 2.11. The van der Waals surface area contributed by atoms with Crippen molar-refractivity contribution in [3.63, 3.8) is 0 Å². The zero-order chi connectivity index (χ0) is 12.1. The zero-order valence-corrected chi connectivity index (χ0v) is 10.9. The van der Waals surface area contributed by atoms with Gasteiger partial charge in [-0.15, -0.1) is 16.7 Å². The number of ether oxygens (including phenoxy) is 1. The maximum absolute atomic E-state index is 5.69. The number of nitrogens with zero attached hydrogens (tertiary/aromatic N) is 4. The van der Waals surface area contributed by atoms with Crippen LogP contribution in [0, 0.1) is 0 Å². The second kappa shape index (κ2) is 6.33. The lowest BCUT2D eigenvalue weighted by Gasteiger charge is -2.29. The summed E-state index contributed by atoms with van der Waals surface area (Å²) in [6.45, 7) is 3.54. The van der Waals surface area contributed by atoms with Crippen LogP contribution in [0.1, 0.15) is 12.1 Å². The summed E-state index contributed by atoms with van der Waals surface area (Å²) < 4.78 is 7.56. The first-order valence-electron chi connectivity index (χ1n) is 6.03. The molecule has 1 aromatic heterocycles. The highest BCUT2D eigenvalue weighted by Crippen LogP contribution is 2.06. The van der Waals surface area contributed by atoms with E-state index in [1.807, 2.05) is 10.9 Å². The first-order valence-corrected chi connectivity index (χ1v) is 6.56. The van der Waals surface area contributed by atoms with Gasteiger partial charge in [-0.05, 0) is 19.9 Å². The highest BCUT2D eigenvalue weighted by Gasteiger charge is 2.18. The van der Waals surface area contributed by atoms with E-state index in [0.717, 1.165) is 44.8 Å². The molecule has 1 atom stereocenters. The fourth-order valence-electron chi connectivity index (χ4n) is 1.98. The maximum Gasteiger partial charge on any atom is 0.0898 e. The number of hydrogen-bond acceptors (Lipinski definition) is 4. The third-order valence-electron chi connectivity index (χ3n) is 2.89. The van der Waals surface area contributed by atoms with Crippen LogP contribution >= 0.6 is 11.6 Å². The van der Waals surface area contributed by atoms with E-state index in [4.69, 9.17) is 16.3 Å². The summed E-state index contributed by atoms with van der Waals surface area (Å²) in [6.07, 6.45) is 4.05. The number of alkyl halides is 1. The standard InChI is InChI=1S/C11H19ClN4O/c1-15-5-6-17-11(8-15)9-16-7-10(13-14-16)3-2-4-12/h7,11H,2-6,8-9H2,1H3. The van der Waals surface area contributed by atoms with Crippen LogP contribution in [0.4, 0.5) is 0 Å². The van der Waals surface area contributed by atoms with Crippen LogP contribution in [0.15, 0.2) is 6.20 Å². The van der Waals surface area contributed by atoms with Gasteiger partial charge in [0.2, 0.25) is 0 Å². The molecule has 0 bridgehead atoms. The normalized spacial score (nSPS) is 21.9. The molecule has 2 heterocycles. The van der Waals surface area contributed by atoms with E-state index in [9.17, 15) is 0 Å². The van der Waals surface area contributed by atoms with Crippen molar-refractivity contribution in [2.75, 3.05) is 32.6 Å². The number of halogens is 1. The predicted molar refractivity (Wildman–Crippen MR) is 66.3 cm³/mol. The zero-order valence-electron chi connectivity index (χ0n) is 10.2. The molecule has 0 radical (unpaired) electrons. The molecule has 0 spiro atoms. The van der Waals surface area contributed by atoms with Crippen LogP contribution in [0.5, 0.6) is 0 Å². The molecule has 0 aromatic carbocycles. The molecule has 1 aliphatic heterocycles. The number of aryl methyl sites for hydroxylation is 1. The lowest BCUT2D eigenvalue weighted by molar-refractivity contribution is -0.0292. The summed E-state index contributed by atoms with van der Waals surface area (Å²) in [6, 6.07) is 0. The van der Waals surface area contributed by atoms with E-state index in [0.29, 0.717) is 5.88 Å². The molecule has 0 amide bonds. The molecule has 1 aromatic rings. The van der Waals surface area contributed by atoms with Crippen molar-refractivity contribution in [1.82, 2.24) is 19.9 Å². The van der Waals surface area contributed by atoms with Crippen molar-refractivity contribution in [3.8, 4) is 0 Å². The highest BCUT2D eigenvalue weighted by atomic mass is 35.5. The van der Waals surface area contributed by atoms with Crippen molar-refractivity contribution in [3.05, 3.63) is 11.9 Å². The molecule has 17 heavy (non-hydrogen) atoms. The molecule has 1 unspecified atom stereocenters. The second-order valence-corrected chi connectivity index (χ2v) is 4.86. The quantitative estimate of drug-likeness (QED) is 0.732. The van der Waals surface area contributed by atoms with Gasteiger partial charge in [-0.2, -0.15) is 0 Å². The van der Waals surface area contributed by atoms with Gasteiger partial charge in [-0.25, -0.2) is 4.68 Å². The molecule has 0 aliphatic carbocycles. The summed E-state index contributed by atoms with van der Waals surface area (Å²) >= 11 is 5.65. The molecule has 1 saturated heterocycles. The number of rotatable bonds is 5. The topological polar surface area (TPSA) is 43.2 Å². The Morgan fingerprint density at radius 1 is 1.59 bits per heavy atom. The van der Waals surface area contributed by atoms with Crippen molar-refractivity contribution in [1.29, 1.82) is 0 Å². The van der Waals surface area contributed by atoms with Crippen molar-refractivity contribution in [2.24, 2.45) is 0 Å². The Hall–Kier alpha value is -0.650. The molecule has 96 valence electrons. The molecule has 1 fully saturated rings. The Morgan fingerprint density at radius 3 is 3.24 bits per heavy atom. The summed E-state index contributed by atoms with van der Waals surface area (Å²) in [4.78, 5) is 2.28. The Labute approximate surface area is 107 Å². The Bertz CT molecular complexity index is 344. The van der Waals surface area contributed by atoms with E-state index in [2.05, 4.69) is 22.3 Å². The van der Waals surface area contributed by atoms with Crippen molar-refractivity contribution >= 4 is 11.6 Å². The van der Waals surface area contributed by atoms with Gasteiger partial charge >= 0.3 is 0 Å². The Kier molecular flexibility index (Phi) is 4.76. The van der Waals surface area contributed by atoms with Crippen LogP contribution in [0.2, 0.25) is 0 Å². The van der Waals surface area contributed by atoms with Crippen LogP contribution < -0.4 is 0 Å². The van der Waals surface area contributed by atoms with Gasteiger partial charge in [0.1, 0.15) is 0 Å². The SMILES string of the molecule is CN1CCOC(Cn2cc(CCCCl)nn2)C1. The highest BCUT2D eigenvalue weighted by molar-refractivity contribution is 6.17. The van der Waals surface area contributed by atoms with Gasteiger partial charge in [-0.1, -0.05) is 5.21 Å². The average Bonchev–Trinajstić information content (AvgIpc) is 2.74. The summed E-state index contributed by atoms with van der Waals surface area (Å²) in [5, 5.41) is 8.24. The Balaban J connectivity index is 1.83. The van der Waals surface area contributed by atoms with E-state index in [1.54, 1.807) is 0 Å². The van der Waals surface area contributed by atoms with E-state index in [1.165, 1.54) is 0 Å². The molecule has 5 nitrogen and oxygen atoms in total. The summed E-state index contributed by atoms with van der Waals surface area (Å²) in [7, 11) is 2.11. The van der Waals surface area contributed by atoms with E-state index in [-0.39, 0.29) is 6.10 Å². The van der Waals surface area contributed by atoms with E-state index < -0.39 is 0 Å². The fraction of sp³-hybridized carbons (Fsp3) is 0.818. The van der Waals surface area contributed by atoms with Gasteiger partial charge < -0.3 is 9.64 Å². The van der Waals surface area contributed by atoms with Crippen molar-refractivity contribution < 1.29 is 4.74 Å². The van der Waals surface area contributed by atoms with Crippen LogP contribution in [0.3, 0.4) is 0 Å². The van der Waals surface area contributed by atoms with E-state index >= 15 is 0 Å². The first-order chi connectivity index (χ1) is 8.28.